The first-order valence-corrected chi connectivity index (χ1v) is 7.29. The molecule has 0 aliphatic carbocycles. The Kier molecular flexibility index (Phi) is 5.78. The van der Waals surface area contributed by atoms with Crippen LogP contribution in [-0.2, 0) is 14.3 Å². The van der Waals surface area contributed by atoms with E-state index in [4.69, 9.17) is 13.9 Å². The Morgan fingerprint density at radius 1 is 1.48 bits per heavy atom. The molecule has 6 heteroatoms. The van der Waals surface area contributed by atoms with Crippen molar-refractivity contribution in [3.63, 3.8) is 0 Å². The van der Waals surface area contributed by atoms with Gasteiger partial charge < -0.3 is 18.8 Å². The predicted octanol–water partition coefficient (Wildman–Crippen LogP) is 1.19. The maximum atomic E-state index is 12.3. The number of carbonyl (C=O) groups excluding carboxylic acids is 1. The number of hydrogen-bond donors (Lipinski definition) is 1. The Balaban J connectivity index is 1.87. The van der Waals surface area contributed by atoms with E-state index in [1.807, 2.05) is 30.9 Å². The van der Waals surface area contributed by atoms with Crippen LogP contribution in [0.15, 0.2) is 22.8 Å². The van der Waals surface area contributed by atoms with Crippen LogP contribution in [0.25, 0.3) is 0 Å². The van der Waals surface area contributed by atoms with Crippen LogP contribution in [0.2, 0.25) is 0 Å². The summed E-state index contributed by atoms with van der Waals surface area (Å²) < 4.78 is 16.2. The summed E-state index contributed by atoms with van der Waals surface area (Å²) >= 11 is 0. The van der Waals surface area contributed by atoms with Gasteiger partial charge in [0.2, 0.25) is 5.91 Å². The van der Waals surface area contributed by atoms with Crippen molar-refractivity contribution in [1.29, 1.82) is 0 Å². The van der Waals surface area contributed by atoms with Crippen LogP contribution in [0.3, 0.4) is 0 Å². The fraction of sp³-hybridized carbons (Fsp3) is 0.667. The predicted molar refractivity (Wildman–Crippen MR) is 77.9 cm³/mol. The number of furan rings is 1. The van der Waals surface area contributed by atoms with Crippen LogP contribution in [0.4, 0.5) is 0 Å². The van der Waals surface area contributed by atoms with Crippen molar-refractivity contribution >= 4 is 5.91 Å². The minimum absolute atomic E-state index is 0.0738. The minimum Gasteiger partial charge on any atom is -0.468 e. The number of amides is 1. The Hall–Kier alpha value is -1.37. The lowest BCUT2D eigenvalue weighted by molar-refractivity contribution is -0.142. The van der Waals surface area contributed by atoms with Crippen molar-refractivity contribution in [1.82, 2.24) is 10.2 Å². The second-order valence-electron chi connectivity index (χ2n) is 5.46. The summed E-state index contributed by atoms with van der Waals surface area (Å²) in [7, 11) is 1.63. The van der Waals surface area contributed by atoms with Crippen molar-refractivity contribution < 1.29 is 18.7 Å². The third-order valence-electron chi connectivity index (χ3n) is 3.49. The van der Waals surface area contributed by atoms with Crippen LogP contribution < -0.4 is 5.32 Å². The average Bonchev–Trinajstić information content (AvgIpc) is 2.96. The molecule has 3 atom stereocenters. The van der Waals surface area contributed by atoms with Crippen molar-refractivity contribution in [3.8, 4) is 0 Å². The molecule has 0 radical (unpaired) electrons. The third kappa shape index (κ3) is 4.56. The summed E-state index contributed by atoms with van der Waals surface area (Å²) in [6.45, 7) is 5.96. The molecule has 0 aromatic carbocycles. The SMILES string of the molecule is COC[C@@H](NCC(=O)N1C[C@@H](C)O[C@@H](C)C1)c1ccco1. The molecule has 1 saturated heterocycles. The quantitative estimate of drug-likeness (QED) is 0.854. The minimum atomic E-state index is -0.121. The van der Waals surface area contributed by atoms with Crippen LogP contribution in [0.5, 0.6) is 0 Å². The summed E-state index contributed by atoms with van der Waals surface area (Å²) in [6.07, 6.45) is 1.78. The lowest BCUT2D eigenvalue weighted by Gasteiger charge is -2.35. The Bertz CT molecular complexity index is 425. The highest BCUT2D eigenvalue weighted by Crippen LogP contribution is 2.14. The van der Waals surface area contributed by atoms with Gasteiger partial charge in [-0.15, -0.1) is 0 Å². The Morgan fingerprint density at radius 2 is 2.19 bits per heavy atom. The van der Waals surface area contributed by atoms with Crippen molar-refractivity contribution in [2.24, 2.45) is 0 Å². The normalized spacial score (nSPS) is 24.0. The summed E-state index contributed by atoms with van der Waals surface area (Å²) in [6, 6.07) is 3.58. The average molecular weight is 296 g/mol. The van der Waals surface area contributed by atoms with Crippen molar-refractivity contribution in [2.45, 2.75) is 32.1 Å². The molecule has 1 aromatic rings. The zero-order valence-corrected chi connectivity index (χ0v) is 12.9. The molecule has 2 heterocycles. The number of rotatable bonds is 6. The lowest BCUT2D eigenvalue weighted by Crippen LogP contribution is -2.50. The number of nitrogens with zero attached hydrogens (tertiary/aromatic N) is 1. The molecule has 1 fully saturated rings. The van der Waals surface area contributed by atoms with E-state index in [-0.39, 0.29) is 30.7 Å². The van der Waals surface area contributed by atoms with Gasteiger partial charge in [-0.3, -0.25) is 10.1 Å². The molecule has 2 rings (SSSR count). The molecule has 6 nitrogen and oxygen atoms in total. The van der Waals surface area contributed by atoms with E-state index in [9.17, 15) is 4.79 Å². The van der Waals surface area contributed by atoms with Gasteiger partial charge in [-0.2, -0.15) is 0 Å². The van der Waals surface area contributed by atoms with Crippen LogP contribution in [0, 0.1) is 0 Å². The summed E-state index contributed by atoms with van der Waals surface area (Å²) in [5, 5.41) is 3.20. The Morgan fingerprint density at radius 3 is 2.76 bits per heavy atom. The molecule has 1 aromatic heterocycles. The first kappa shape index (κ1) is 16.0. The molecule has 0 bridgehead atoms. The molecule has 1 aliphatic rings. The van der Waals surface area contributed by atoms with Crippen LogP contribution in [-0.4, -0.2) is 56.4 Å². The molecule has 0 unspecified atom stereocenters. The van der Waals surface area contributed by atoms with Crippen molar-refractivity contribution in [3.05, 3.63) is 24.2 Å². The second-order valence-corrected chi connectivity index (χ2v) is 5.46. The van der Waals surface area contributed by atoms with Gasteiger partial charge in [0.15, 0.2) is 0 Å². The van der Waals surface area contributed by atoms with Gasteiger partial charge in [0.1, 0.15) is 5.76 Å². The number of hydrogen-bond acceptors (Lipinski definition) is 5. The molecule has 21 heavy (non-hydrogen) atoms. The number of nitrogens with one attached hydrogen (secondary N) is 1. The number of carbonyl (C=O) groups is 1. The monoisotopic (exact) mass is 296 g/mol. The number of ether oxygens (including phenoxy) is 2. The molecule has 0 saturated carbocycles. The smallest absolute Gasteiger partial charge is 0.236 e. The maximum absolute atomic E-state index is 12.3. The molecule has 118 valence electrons. The Labute approximate surface area is 125 Å². The van der Waals surface area contributed by atoms with Crippen LogP contribution >= 0.6 is 0 Å². The van der Waals surface area contributed by atoms with Gasteiger partial charge in [-0.25, -0.2) is 0 Å². The zero-order valence-electron chi connectivity index (χ0n) is 12.9. The van der Waals surface area contributed by atoms with Gasteiger partial charge in [0, 0.05) is 20.2 Å². The van der Waals surface area contributed by atoms with Gasteiger partial charge >= 0.3 is 0 Å². The van der Waals surface area contributed by atoms with E-state index in [0.717, 1.165) is 5.76 Å². The van der Waals surface area contributed by atoms with Crippen molar-refractivity contribution in [2.75, 3.05) is 33.4 Å². The first-order valence-electron chi connectivity index (χ1n) is 7.29. The second kappa shape index (κ2) is 7.59. The van der Waals surface area contributed by atoms with Gasteiger partial charge in [0.25, 0.3) is 0 Å². The van der Waals surface area contributed by atoms with E-state index >= 15 is 0 Å². The standard InChI is InChI=1S/C15H24N2O4/c1-11-8-17(9-12(2)21-11)15(18)7-16-13(10-19-3)14-5-4-6-20-14/h4-6,11-13,16H,7-10H2,1-3H3/t11-,12+,13-/m1/s1. The largest absolute Gasteiger partial charge is 0.468 e. The van der Waals surface area contributed by atoms with Crippen LogP contribution in [0.1, 0.15) is 25.6 Å². The topological polar surface area (TPSA) is 63.9 Å². The summed E-state index contributed by atoms with van der Waals surface area (Å²) in [4.78, 5) is 14.1. The van der Waals surface area contributed by atoms with Gasteiger partial charge in [-0.05, 0) is 26.0 Å². The van der Waals surface area contributed by atoms with E-state index in [1.165, 1.54) is 0 Å². The first-order chi connectivity index (χ1) is 10.1. The molecule has 0 spiro atoms. The lowest BCUT2D eigenvalue weighted by atomic mass is 10.2. The fourth-order valence-corrected chi connectivity index (χ4v) is 2.60. The van der Waals surface area contributed by atoms with E-state index in [2.05, 4.69) is 5.32 Å². The highest BCUT2D eigenvalue weighted by atomic mass is 16.5. The number of methoxy groups -OCH3 is 1. The van der Waals surface area contributed by atoms with E-state index < -0.39 is 0 Å². The molecule has 1 aliphatic heterocycles. The highest BCUT2D eigenvalue weighted by Gasteiger charge is 2.26. The van der Waals surface area contributed by atoms with Gasteiger partial charge in [-0.1, -0.05) is 0 Å². The van der Waals surface area contributed by atoms with E-state index in [0.29, 0.717) is 19.7 Å². The summed E-state index contributed by atoms with van der Waals surface area (Å²) in [5.41, 5.74) is 0. The summed E-state index contributed by atoms with van der Waals surface area (Å²) in [5.74, 6) is 0.845. The van der Waals surface area contributed by atoms with Gasteiger partial charge in [0.05, 0.1) is 37.7 Å². The zero-order chi connectivity index (χ0) is 15.2. The molecular formula is C15H24N2O4. The van der Waals surface area contributed by atoms with E-state index in [1.54, 1.807) is 13.4 Å². The highest BCUT2D eigenvalue weighted by molar-refractivity contribution is 5.78. The molecule has 1 N–H and O–H groups in total. The maximum Gasteiger partial charge on any atom is 0.236 e. The number of morpholine rings is 1. The molecule has 1 amide bonds. The molecular weight excluding hydrogens is 272 g/mol. The third-order valence-corrected chi connectivity index (χ3v) is 3.49. The fourth-order valence-electron chi connectivity index (χ4n) is 2.60.